The molecule has 0 radical (unpaired) electrons. The number of carbonyl (C=O) groups excluding carboxylic acids is 1. The van der Waals surface area contributed by atoms with Crippen molar-refractivity contribution in [1.82, 2.24) is 9.80 Å². The van der Waals surface area contributed by atoms with Crippen LogP contribution >= 0.6 is 24.8 Å². The zero-order chi connectivity index (χ0) is 11.3. The van der Waals surface area contributed by atoms with Gasteiger partial charge in [-0.25, -0.2) is 0 Å². The largest absolute Gasteiger partial charge is 0.339 e. The summed E-state index contributed by atoms with van der Waals surface area (Å²) >= 11 is 0. The number of halogens is 2. The number of likely N-dealkylation sites (N-methyl/N-ethyl adjacent to an activating group) is 1. The molecule has 1 unspecified atom stereocenters. The Morgan fingerprint density at radius 2 is 1.71 bits per heavy atom. The number of hydrogen-bond acceptors (Lipinski definition) is 3. The first-order valence-electron chi connectivity index (χ1n) is 5.95. The molecule has 0 aromatic rings. The first kappa shape index (κ1) is 19.3. The molecule has 0 spiro atoms. The Morgan fingerprint density at radius 1 is 1.18 bits per heavy atom. The molecular weight excluding hydrogens is 261 g/mol. The van der Waals surface area contributed by atoms with Gasteiger partial charge >= 0.3 is 0 Å². The van der Waals surface area contributed by atoms with E-state index in [0.717, 1.165) is 45.6 Å². The normalized spacial score (nSPS) is 17.9. The number of nitrogens with two attached hydrogens (primary N) is 1. The van der Waals surface area contributed by atoms with Gasteiger partial charge in [0.05, 0.1) is 6.04 Å². The minimum absolute atomic E-state index is 0. The molecule has 1 rings (SSSR count). The Hall–Kier alpha value is -0.0300. The van der Waals surface area contributed by atoms with Crippen molar-refractivity contribution in [3.05, 3.63) is 0 Å². The fourth-order valence-corrected chi connectivity index (χ4v) is 1.95. The van der Waals surface area contributed by atoms with Gasteiger partial charge in [-0.3, -0.25) is 4.79 Å². The van der Waals surface area contributed by atoms with E-state index in [1.165, 1.54) is 0 Å². The van der Waals surface area contributed by atoms with Crippen molar-refractivity contribution in [2.75, 3.05) is 32.7 Å². The van der Waals surface area contributed by atoms with Crippen molar-refractivity contribution < 1.29 is 4.79 Å². The quantitative estimate of drug-likeness (QED) is 0.842. The lowest BCUT2D eigenvalue weighted by Gasteiger charge is -2.35. The fraction of sp³-hybridized carbons (Fsp3) is 0.909. The zero-order valence-electron chi connectivity index (χ0n) is 10.7. The van der Waals surface area contributed by atoms with E-state index in [2.05, 4.69) is 18.7 Å². The molecule has 104 valence electrons. The van der Waals surface area contributed by atoms with Gasteiger partial charge in [0, 0.05) is 26.2 Å². The molecule has 0 bridgehead atoms. The highest BCUT2D eigenvalue weighted by atomic mass is 35.5. The van der Waals surface area contributed by atoms with Crippen LogP contribution < -0.4 is 5.73 Å². The van der Waals surface area contributed by atoms with E-state index in [9.17, 15) is 4.79 Å². The van der Waals surface area contributed by atoms with E-state index in [1.54, 1.807) is 0 Å². The molecule has 1 heterocycles. The van der Waals surface area contributed by atoms with E-state index in [1.807, 2.05) is 4.90 Å². The van der Waals surface area contributed by atoms with Gasteiger partial charge in [-0.2, -0.15) is 0 Å². The van der Waals surface area contributed by atoms with Gasteiger partial charge < -0.3 is 15.5 Å². The van der Waals surface area contributed by atoms with Crippen LogP contribution in [0.4, 0.5) is 0 Å². The summed E-state index contributed by atoms with van der Waals surface area (Å²) in [5.74, 6) is 0.132. The van der Waals surface area contributed by atoms with Crippen LogP contribution in [-0.4, -0.2) is 54.5 Å². The number of carbonyl (C=O) groups is 1. The lowest BCUT2D eigenvalue weighted by atomic mass is 10.1. The molecule has 2 N–H and O–H groups in total. The molecule has 1 fully saturated rings. The molecule has 4 nitrogen and oxygen atoms in total. The summed E-state index contributed by atoms with van der Waals surface area (Å²) in [5, 5.41) is 0. The Morgan fingerprint density at radius 3 is 2.12 bits per heavy atom. The molecule has 17 heavy (non-hydrogen) atoms. The minimum Gasteiger partial charge on any atom is -0.339 e. The van der Waals surface area contributed by atoms with Crippen molar-refractivity contribution in [3.63, 3.8) is 0 Å². The minimum atomic E-state index is -0.289. The highest BCUT2D eigenvalue weighted by molar-refractivity contribution is 5.85. The summed E-state index contributed by atoms with van der Waals surface area (Å²) in [6.45, 7) is 8.93. The molecule has 0 aromatic heterocycles. The van der Waals surface area contributed by atoms with Crippen molar-refractivity contribution in [2.45, 2.75) is 32.7 Å². The van der Waals surface area contributed by atoms with Crippen LogP contribution in [0.1, 0.15) is 26.7 Å². The third-order valence-electron chi connectivity index (χ3n) is 3.05. The lowest BCUT2D eigenvalue weighted by Crippen LogP contribution is -2.52. The maximum absolute atomic E-state index is 11.9. The van der Waals surface area contributed by atoms with Gasteiger partial charge in [-0.15, -0.1) is 24.8 Å². The second-order valence-electron chi connectivity index (χ2n) is 4.15. The van der Waals surface area contributed by atoms with Gasteiger partial charge in [0.25, 0.3) is 0 Å². The summed E-state index contributed by atoms with van der Waals surface area (Å²) in [7, 11) is 0. The van der Waals surface area contributed by atoms with Crippen LogP contribution in [0.3, 0.4) is 0 Å². The molecular formula is C11H25Cl2N3O. The smallest absolute Gasteiger partial charge is 0.239 e. The summed E-state index contributed by atoms with van der Waals surface area (Å²) < 4.78 is 0. The van der Waals surface area contributed by atoms with E-state index < -0.39 is 0 Å². The van der Waals surface area contributed by atoms with Crippen LogP contribution in [0.25, 0.3) is 0 Å². The van der Waals surface area contributed by atoms with Crippen molar-refractivity contribution in [3.8, 4) is 0 Å². The first-order valence-corrected chi connectivity index (χ1v) is 5.95. The predicted octanol–water partition coefficient (Wildman–Crippen LogP) is 1.12. The number of amides is 1. The van der Waals surface area contributed by atoms with Crippen LogP contribution in [-0.2, 0) is 4.79 Å². The molecule has 1 amide bonds. The summed E-state index contributed by atoms with van der Waals surface area (Å²) in [6, 6.07) is -0.289. The Kier molecular flexibility index (Phi) is 11.3. The van der Waals surface area contributed by atoms with Gasteiger partial charge in [0.1, 0.15) is 0 Å². The molecule has 1 aliphatic heterocycles. The average Bonchev–Trinajstić information content (AvgIpc) is 2.28. The maximum atomic E-state index is 11.9. The average molecular weight is 286 g/mol. The number of hydrogen-bond donors (Lipinski definition) is 1. The standard InChI is InChI=1S/C11H23N3O.2ClH/c1-3-5-10(12)11(15)14-8-6-13(4-2)7-9-14;;/h10H,3-9,12H2,1-2H3;2*1H. The topological polar surface area (TPSA) is 49.6 Å². The SMILES string of the molecule is CCCC(N)C(=O)N1CCN(CC)CC1.Cl.Cl. The lowest BCUT2D eigenvalue weighted by molar-refractivity contribution is -0.134. The van der Waals surface area contributed by atoms with Crippen LogP contribution in [0, 0.1) is 0 Å². The summed E-state index contributed by atoms with van der Waals surface area (Å²) in [5.41, 5.74) is 5.82. The Bertz CT molecular complexity index is 209. The van der Waals surface area contributed by atoms with E-state index in [-0.39, 0.29) is 36.8 Å². The molecule has 1 atom stereocenters. The van der Waals surface area contributed by atoms with Gasteiger partial charge in [0.15, 0.2) is 0 Å². The predicted molar refractivity (Wildman–Crippen MR) is 76.1 cm³/mol. The number of piperazine rings is 1. The van der Waals surface area contributed by atoms with Gasteiger partial charge in [-0.05, 0) is 13.0 Å². The van der Waals surface area contributed by atoms with Crippen molar-refractivity contribution in [2.24, 2.45) is 5.73 Å². The summed E-state index contributed by atoms with van der Waals surface area (Å²) in [6.07, 6.45) is 1.77. The Balaban J connectivity index is 0. The van der Waals surface area contributed by atoms with Gasteiger partial charge in [-0.1, -0.05) is 20.3 Å². The van der Waals surface area contributed by atoms with E-state index in [4.69, 9.17) is 5.73 Å². The highest BCUT2D eigenvalue weighted by Gasteiger charge is 2.23. The maximum Gasteiger partial charge on any atom is 0.239 e. The number of rotatable bonds is 4. The van der Waals surface area contributed by atoms with Crippen molar-refractivity contribution in [1.29, 1.82) is 0 Å². The van der Waals surface area contributed by atoms with E-state index >= 15 is 0 Å². The molecule has 6 heteroatoms. The molecule has 0 saturated carbocycles. The van der Waals surface area contributed by atoms with E-state index in [0.29, 0.717) is 0 Å². The van der Waals surface area contributed by atoms with Crippen molar-refractivity contribution >= 4 is 30.7 Å². The fourth-order valence-electron chi connectivity index (χ4n) is 1.95. The second-order valence-corrected chi connectivity index (χ2v) is 4.15. The Labute approximate surface area is 117 Å². The van der Waals surface area contributed by atoms with Crippen LogP contribution in [0.2, 0.25) is 0 Å². The first-order chi connectivity index (χ1) is 7.19. The highest BCUT2D eigenvalue weighted by Crippen LogP contribution is 2.05. The van der Waals surface area contributed by atoms with Crippen LogP contribution in [0.5, 0.6) is 0 Å². The third kappa shape index (κ3) is 5.91. The monoisotopic (exact) mass is 285 g/mol. The second kappa shape index (κ2) is 9.95. The molecule has 1 aliphatic rings. The molecule has 0 aliphatic carbocycles. The van der Waals surface area contributed by atoms with Crippen LogP contribution in [0.15, 0.2) is 0 Å². The molecule has 1 saturated heterocycles. The molecule has 0 aromatic carbocycles. The summed E-state index contributed by atoms with van der Waals surface area (Å²) in [4.78, 5) is 16.1. The zero-order valence-corrected chi connectivity index (χ0v) is 12.4. The van der Waals surface area contributed by atoms with Gasteiger partial charge in [0.2, 0.25) is 5.91 Å². The third-order valence-corrected chi connectivity index (χ3v) is 3.05. The number of nitrogens with zero attached hydrogens (tertiary/aromatic N) is 2.